The summed E-state index contributed by atoms with van der Waals surface area (Å²) in [7, 11) is -9.35. The maximum absolute atomic E-state index is 12.4. The highest BCUT2D eigenvalue weighted by Gasteiger charge is 2.21. The van der Waals surface area contributed by atoms with Crippen LogP contribution in [0.1, 0.15) is 37.8 Å². The van der Waals surface area contributed by atoms with Crippen LogP contribution in [0.15, 0.2) is 131 Å². The molecule has 0 aliphatic heterocycles. The van der Waals surface area contributed by atoms with Crippen LogP contribution in [0.3, 0.4) is 0 Å². The SMILES string of the molecule is CCN(CC1=CC=CC(=S(=O)=O)C1)c1ccc(C(=C2C=CC(=[N+](CC)CC3=CC=CC(=S(=O)=O)C3)C=C2)c2ccccc2S(=O)(=O)[O-])cc1. The Morgan fingerprint density at radius 1 is 0.796 bits per heavy atom. The Kier molecular flexibility index (Phi) is 11.5. The first kappa shape index (κ1) is 35.7. The predicted molar refractivity (Wildman–Crippen MR) is 195 cm³/mol. The molecule has 9 nitrogen and oxygen atoms in total. The van der Waals surface area contributed by atoms with Crippen LogP contribution in [0.4, 0.5) is 5.69 Å². The molecule has 0 bridgehead atoms. The normalized spacial score (nSPS) is 15.7. The number of hydrogen-bond donors (Lipinski definition) is 0. The van der Waals surface area contributed by atoms with E-state index in [9.17, 15) is 29.8 Å². The highest BCUT2D eigenvalue weighted by molar-refractivity contribution is 7.85. The van der Waals surface area contributed by atoms with Crippen LogP contribution in [-0.2, 0) is 30.7 Å². The standard InChI is InChI=1S/C37H36N2O7S3/c1-3-38(25-27-9-7-11-33(23-27)47(40)41)31-19-15-29(16-20-31)37(35-13-5-6-14-36(35)49(44,45)46)30-17-21-32(22-18-30)39(4-2)26-28-10-8-12-34(24-28)48(42)43/h5-22H,3-4,23-26H2,1-2H3. The van der Waals surface area contributed by atoms with E-state index in [-0.39, 0.29) is 4.90 Å². The molecule has 12 heteroatoms. The second-order valence-corrected chi connectivity index (χ2v) is 14.9. The maximum atomic E-state index is 12.4. The third kappa shape index (κ3) is 8.70. The van der Waals surface area contributed by atoms with Gasteiger partial charge in [-0.1, -0.05) is 54.6 Å². The van der Waals surface area contributed by atoms with Gasteiger partial charge in [0.15, 0.2) is 12.3 Å². The third-order valence-electron chi connectivity index (χ3n) is 8.48. The number of likely N-dealkylation sites (N-methyl/N-ethyl adjacent to an activating group) is 2. The molecule has 0 aromatic heterocycles. The largest absolute Gasteiger partial charge is 0.744 e. The van der Waals surface area contributed by atoms with Crippen molar-refractivity contribution in [3.05, 3.63) is 137 Å². The first-order valence-corrected chi connectivity index (χ1v) is 19.3. The Bertz CT molecular complexity index is 2280. The Morgan fingerprint density at radius 2 is 1.39 bits per heavy atom. The van der Waals surface area contributed by atoms with Crippen LogP contribution in [0, 0.1) is 0 Å². The molecule has 254 valence electrons. The summed E-state index contributed by atoms with van der Waals surface area (Å²) >= 11 is 0. The average molecular weight is 717 g/mol. The molecule has 0 unspecified atom stereocenters. The fraction of sp³-hybridized carbons (Fsp3) is 0.216. The fourth-order valence-electron chi connectivity index (χ4n) is 6.02. The lowest BCUT2D eigenvalue weighted by Crippen LogP contribution is -2.26. The molecule has 3 aliphatic carbocycles. The van der Waals surface area contributed by atoms with Crippen molar-refractivity contribution in [2.45, 2.75) is 31.6 Å². The number of rotatable bonds is 10. The Hall–Kier alpha value is -4.62. The van der Waals surface area contributed by atoms with Gasteiger partial charge < -0.3 is 9.45 Å². The highest BCUT2D eigenvalue weighted by atomic mass is 32.2. The lowest BCUT2D eigenvalue weighted by Gasteiger charge is -2.26. The zero-order valence-electron chi connectivity index (χ0n) is 27.1. The third-order valence-corrected chi connectivity index (χ3v) is 10.8. The summed E-state index contributed by atoms with van der Waals surface area (Å²) in [5.41, 5.74) is 6.01. The minimum absolute atomic E-state index is 0.290. The van der Waals surface area contributed by atoms with Gasteiger partial charge in [-0.05, 0) is 84.2 Å². The van der Waals surface area contributed by atoms with E-state index in [4.69, 9.17) is 0 Å². The van der Waals surface area contributed by atoms with Crippen molar-refractivity contribution in [3.63, 3.8) is 0 Å². The van der Waals surface area contributed by atoms with E-state index in [0.29, 0.717) is 71.0 Å². The van der Waals surface area contributed by atoms with Crippen LogP contribution in [0.25, 0.3) is 5.57 Å². The Morgan fingerprint density at radius 3 is 1.96 bits per heavy atom. The van der Waals surface area contributed by atoms with Crippen molar-refractivity contribution in [1.29, 1.82) is 0 Å². The van der Waals surface area contributed by atoms with Crippen LogP contribution in [0.2, 0.25) is 0 Å². The Labute approximate surface area is 290 Å². The molecule has 0 N–H and O–H groups in total. The van der Waals surface area contributed by atoms with Crippen molar-refractivity contribution < 1.29 is 34.4 Å². The zero-order valence-corrected chi connectivity index (χ0v) is 29.6. The predicted octanol–water partition coefficient (Wildman–Crippen LogP) is 4.69. The van der Waals surface area contributed by atoms with Crippen molar-refractivity contribution in [2.75, 3.05) is 31.1 Å². The quantitative estimate of drug-likeness (QED) is 0.197. The molecule has 5 rings (SSSR count). The van der Waals surface area contributed by atoms with Crippen LogP contribution in [-0.4, -0.2) is 76.0 Å². The summed E-state index contributed by atoms with van der Waals surface area (Å²) in [4.78, 5) is 2.49. The summed E-state index contributed by atoms with van der Waals surface area (Å²) < 4.78 is 85.4. The van der Waals surface area contributed by atoms with E-state index in [0.717, 1.165) is 22.5 Å². The van der Waals surface area contributed by atoms with Gasteiger partial charge in [0.2, 0.25) is 20.6 Å². The molecule has 49 heavy (non-hydrogen) atoms. The fourth-order valence-corrected chi connectivity index (χ4v) is 7.69. The van der Waals surface area contributed by atoms with Crippen molar-refractivity contribution in [3.8, 4) is 0 Å². The summed E-state index contributed by atoms with van der Waals surface area (Å²) in [6.45, 7) is 6.43. The van der Waals surface area contributed by atoms with Gasteiger partial charge in [0.05, 0.1) is 14.6 Å². The second-order valence-electron chi connectivity index (χ2n) is 11.6. The molecular weight excluding hydrogens is 681 g/mol. The number of benzene rings is 2. The van der Waals surface area contributed by atoms with Crippen molar-refractivity contribution in [2.24, 2.45) is 0 Å². The molecule has 0 saturated carbocycles. The van der Waals surface area contributed by atoms with Crippen molar-refractivity contribution >= 4 is 57.4 Å². The first-order valence-electron chi connectivity index (χ1n) is 15.7. The molecule has 0 atom stereocenters. The second kappa shape index (κ2) is 15.7. The van der Waals surface area contributed by atoms with Crippen molar-refractivity contribution in [1.82, 2.24) is 0 Å². The number of hydrogen-bond acceptors (Lipinski definition) is 8. The molecular formula is C37H36N2O7S3. The maximum Gasteiger partial charge on any atom is 0.217 e. The summed E-state index contributed by atoms with van der Waals surface area (Å²) in [6, 6.07) is 13.8. The van der Waals surface area contributed by atoms with Gasteiger partial charge in [0.1, 0.15) is 16.7 Å². The topological polar surface area (TPSA) is 132 Å². The monoisotopic (exact) mass is 716 g/mol. The van der Waals surface area contributed by atoms with Gasteiger partial charge in [-0.15, -0.1) is 0 Å². The van der Waals surface area contributed by atoms with Gasteiger partial charge in [0, 0.05) is 49.3 Å². The molecule has 0 spiro atoms. The molecule has 0 radical (unpaired) electrons. The molecule has 2 aromatic rings. The first-order chi connectivity index (χ1) is 23.5. The molecule has 3 aliphatic rings. The number of allylic oxidation sites excluding steroid dienone is 11. The van der Waals surface area contributed by atoms with Gasteiger partial charge in [-0.25, -0.2) is 13.0 Å². The minimum atomic E-state index is -4.80. The van der Waals surface area contributed by atoms with Crippen LogP contribution >= 0.6 is 0 Å². The summed E-state index contributed by atoms with van der Waals surface area (Å²) in [5.74, 6) is 0. The van der Waals surface area contributed by atoms with E-state index in [1.807, 2.05) is 74.6 Å². The molecule has 0 fully saturated rings. The lowest BCUT2D eigenvalue weighted by atomic mass is 9.90. The number of anilines is 1. The molecule has 0 amide bonds. The Balaban J connectivity index is 1.52. The van der Waals surface area contributed by atoms with Gasteiger partial charge in [0.25, 0.3) is 0 Å². The summed E-state index contributed by atoms with van der Waals surface area (Å²) in [5, 5.41) is 0. The number of nitrogens with zero attached hydrogens (tertiary/aromatic N) is 2. The summed E-state index contributed by atoms with van der Waals surface area (Å²) in [6.07, 6.45) is 18.9. The minimum Gasteiger partial charge on any atom is -0.744 e. The van der Waals surface area contributed by atoms with Crippen LogP contribution < -0.4 is 4.90 Å². The van der Waals surface area contributed by atoms with Gasteiger partial charge in [-0.2, -0.15) is 16.8 Å². The molecule has 0 heterocycles. The highest BCUT2D eigenvalue weighted by Crippen LogP contribution is 2.34. The van der Waals surface area contributed by atoms with Crippen LogP contribution in [0.5, 0.6) is 0 Å². The molecule has 0 saturated heterocycles. The molecule has 2 aromatic carbocycles. The average Bonchev–Trinajstić information content (AvgIpc) is 3.10. The zero-order chi connectivity index (χ0) is 35.1. The lowest BCUT2D eigenvalue weighted by molar-refractivity contribution is -0.514. The van der Waals surface area contributed by atoms with E-state index >= 15 is 0 Å². The van der Waals surface area contributed by atoms with E-state index in [2.05, 4.69) is 9.48 Å². The van der Waals surface area contributed by atoms with E-state index < -0.39 is 30.7 Å². The van der Waals surface area contributed by atoms with Gasteiger partial charge in [-0.3, -0.25) is 0 Å². The smallest absolute Gasteiger partial charge is 0.217 e. The van der Waals surface area contributed by atoms with Gasteiger partial charge >= 0.3 is 0 Å². The van der Waals surface area contributed by atoms with E-state index in [1.54, 1.807) is 36.4 Å². The van der Waals surface area contributed by atoms with E-state index in [1.165, 1.54) is 12.1 Å².